The van der Waals surface area contributed by atoms with Crippen LogP contribution in [0.4, 0.5) is 0 Å². The second-order valence-corrected chi connectivity index (χ2v) is 5.64. The molecule has 0 aromatic carbocycles. The molecule has 1 aliphatic carbocycles. The summed E-state index contributed by atoms with van der Waals surface area (Å²) in [5.41, 5.74) is 0. The topological polar surface area (TPSA) is 17.1 Å². The van der Waals surface area contributed by atoms with Gasteiger partial charge in [-0.2, -0.15) is 0 Å². The predicted molar refractivity (Wildman–Crippen MR) is 62.7 cm³/mol. The fraction of sp³-hybridized carbons (Fsp3) is 0.545. The number of hydrogen-bond acceptors (Lipinski definition) is 2. The zero-order chi connectivity index (χ0) is 9.97. The third kappa shape index (κ3) is 2.67. The number of hydrogen-bond donors (Lipinski definition) is 0. The van der Waals surface area contributed by atoms with Crippen molar-refractivity contribution in [3.8, 4) is 0 Å². The summed E-state index contributed by atoms with van der Waals surface area (Å²) < 4.78 is 1.20. The van der Waals surface area contributed by atoms with E-state index in [1.165, 1.54) is 9.35 Å². The van der Waals surface area contributed by atoms with Crippen LogP contribution in [0.5, 0.6) is 0 Å². The minimum atomic E-state index is 0.432. The average Bonchev–Trinajstić information content (AvgIpc) is 2.93. The van der Waals surface area contributed by atoms with E-state index < -0.39 is 0 Å². The molecule has 0 atom stereocenters. The van der Waals surface area contributed by atoms with Crippen LogP contribution in [-0.2, 0) is 11.2 Å². The highest BCUT2D eigenvalue weighted by molar-refractivity contribution is 9.10. The molecule has 0 bridgehead atoms. The summed E-state index contributed by atoms with van der Waals surface area (Å²) in [5, 5.41) is 2.09. The van der Waals surface area contributed by atoms with Crippen molar-refractivity contribution in [1.29, 1.82) is 0 Å². The summed E-state index contributed by atoms with van der Waals surface area (Å²) in [6, 6.07) is 2.07. The van der Waals surface area contributed by atoms with Crippen molar-refractivity contribution in [2.45, 2.75) is 32.1 Å². The number of rotatable bonds is 5. The van der Waals surface area contributed by atoms with Gasteiger partial charge in [0.1, 0.15) is 5.78 Å². The largest absolute Gasteiger partial charge is 0.299 e. The maximum Gasteiger partial charge on any atom is 0.135 e. The Bertz CT molecular complexity index is 328. The molecule has 1 aliphatic rings. The highest BCUT2D eigenvalue weighted by Crippen LogP contribution is 2.32. The molecule has 1 nitrogen and oxygen atoms in total. The third-order valence-corrected chi connectivity index (χ3v) is 4.54. The lowest BCUT2D eigenvalue weighted by Gasteiger charge is -1.98. The highest BCUT2D eigenvalue weighted by atomic mass is 79.9. The van der Waals surface area contributed by atoms with Crippen LogP contribution in [0.2, 0.25) is 0 Å². The number of ketones is 1. The van der Waals surface area contributed by atoms with Crippen molar-refractivity contribution in [1.82, 2.24) is 0 Å². The van der Waals surface area contributed by atoms with Crippen LogP contribution >= 0.6 is 27.3 Å². The van der Waals surface area contributed by atoms with Crippen molar-refractivity contribution in [3.63, 3.8) is 0 Å². The summed E-state index contributed by atoms with van der Waals surface area (Å²) >= 11 is 5.27. The molecule has 76 valence electrons. The van der Waals surface area contributed by atoms with Gasteiger partial charge in [0, 0.05) is 21.7 Å². The first-order chi connectivity index (χ1) is 6.77. The van der Waals surface area contributed by atoms with E-state index in [0.717, 1.165) is 32.1 Å². The number of carbonyl (C=O) groups is 1. The van der Waals surface area contributed by atoms with Gasteiger partial charge < -0.3 is 0 Å². The molecular formula is C11H13BrOS. The molecule has 2 rings (SSSR count). The van der Waals surface area contributed by atoms with E-state index in [1.54, 1.807) is 11.3 Å². The first-order valence-corrected chi connectivity index (χ1v) is 6.69. The predicted octanol–water partition coefficient (Wildman–Crippen LogP) is 3.81. The highest BCUT2D eigenvalue weighted by Gasteiger charge is 2.28. The van der Waals surface area contributed by atoms with Gasteiger partial charge in [-0.1, -0.05) is 0 Å². The first kappa shape index (κ1) is 10.4. The van der Waals surface area contributed by atoms with Gasteiger partial charge in [0.15, 0.2) is 0 Å². The van der Waals surface area contributed by atoms with Gasteiger partial charge in [-0.05, 0) is 53.1 Å². The first-order valence-electron chi connectivity index (χ1n) is 5.02. The van der Waals surface area contributed by atoms with E-state index in [4.69, 9.17) is 0 Å². The van der Waals surface area contributed by atoms with Gasteiger partial charge in [-0.25, -0.2) is 0 Å². The second-order valence-electron chi connectivity index (χ2n) is 3.79. The van der Waals surface area contributed by atoms with Gasteiger partial charge in [-0.15, -0.1) is 11.3 Å². The zero-order valence-electron chi connectivity index (χ0n) is 7.96. The summed E-state index contributed by atoms with van der Waals surface area (Å²) in [6.45, 7) is 0. The van der Waals surface area contributed by atoms with Crippen LogP contribution < -0.4 is 0 Å². The maximum absolute atomic E-state index is 11.4. The Balaban J connectivity index is 1.72. The van der Waals surface area contributed by atoms with Crippen LogP contribution in [0.1, 0.15) is 30.6 Å². The Hall–Kier alpha value is -0.150. The standard InChI is InChI=1S/C11H13BrOS/c12-9-6-7-14-11(9)3-1-2-10(13)8-4-5-8/h6-8H,1-5H2. The summed E-state index contributed by atoms with van der Waals surface area (Å²) in [7, 11) is 0. The van der Waals surface area contributed by atoms with Crippen molar-refractivity contribution >= 4 is 33.0 Å². The monoisotopic (exact) mass is 272 g/mol. The SMILES string of the molecule is O=C(CCCc1sccc1Br)C1CC1. The molecule has 0 aliphatic heterocycles. The number of aryl methyl sites for hydroxylation is 1. The minimum absolute atomic E-state index is 0.432. The number of halogens is 1. The lowest BCUT2D eigenvalue weighted by atomic mass is 10.1. The van der Waals surface area contributed by atoms with Crippen LogP contribution in [0.15, 0.2) is 15.9 Å². The zero-order valence-corrected chi connectivity index (χ0v) is 10.4. The van der Waals surface area contributed by atoms with Crippen LogP contribution in [-0.4, -0.2) is 5.78 Å². The fourth-order valence-electron chi connectivity index (χ4n) is 1.54. The summed E-state index contributed by atoms with van der Waals surface area (Å²) in [4.78, 5) is 12.8. The van der Waals surface area contributed by atoms with Gasteiger partial charge in [-0.3, -0.25) is 4.79 Å². The van der Waals surface area contributed by atoms with E-state index in [-0.39, 0.29) is 0 Å². The molecule has 0 N–H and O–H groups in total. The Morgan fingerprint density at radius 2 is 2.36 bits per heavy atom. The Morgan fingerprint density at radius 1 is 1.57 bits per heavy atom. The fourth-order valence-corrected chi connectivity index (χ4v) is 3.13. The summed E-state index contributed by atoms with van der Waals surface area (Å²) in [5.74, 6) is 0.916. The van der Waals surface area contributed by atoms with Crippen LogP contribution in [0, 0.1) is 5.92 Å². The van der Waals surface area contributed by atoms with Crippen molar-refractivity contribution in [3.05, 3.63) is 20.8 Å². The molecule has 0 amide bonds. The number of Topliss-reactive ketones (excluding diaryl/α,β-unsaturated/α-hetero) is 1. The molecule has 0 unspecified atom stereocenters. The van der Waals surface area contributed by atoms with Crippen molar-refractivity contribution in [2.75, 3.05) is 0 Å². The molecule has 1 saturated carbocycles. The van der Waals surface area contributed by atoms with E-state index in [1.807, 2.05) is 0 Å². The van der Waals surface area contributed by atoms with E-state index in [0.29, 0.717) is 11.7 Å². The lowest BCUT2D eigenvalue weighted by molar-refractivity contribution is -0.120. The van der Waals surface area contributed by atoms with Gasteiger partial charge in [0.05, 0.1) is 0 Å². The summed E-state index contributed by atoms with van der Waals surface area (Å²) in [6.07, 6.45) is 5.10. The van der Waals surface area contributed by atoms with Gasteiger partial charge in [0.25, 0.3) is 0 Å². The molecule has 3 heteroatoms. The molecule has 1 aromatic heterocycles. The lowest BCUT2D eigenvalue weighted by Crippen LogP contribution is -2.00. The van der Waals surface area contributed by atoms with Crippen molar-refractivity contribution in [2.24, 2.45) is 5.92 Å². The van der Waals surface area contributed by atoms with E-state index >= 15 is 0 Å². The normalized spacial score (nSPS) is 15.8. The minimum Gasteiger partial charge on any atom is -0.299 e. The Kier molecular flexibility index (Phi) is 3.39. The van der Waals surface area contributed by atoms with Gasteiger partial charge >= 0.3 is 0 Å². The number of thiophene rings is 1. The van der Waals surface area contributed by atoms with Crippen molar-refractivity contribution < 1.29 is 4.79 Å². The smallest absolute Gasteiger partial charge is 0.135 e. The molecular weight excluding hydrogens is 260 g/mol. The molecule has 1 aromatic rings. The second kappa shape index (κ2) is 4.58. The molecule has 1 heterocycles. The Morgan fingerprint density at radius 3 is 2.93 bits per heavy atom. The number of carbonyl (C=O) groups excluding carboxylic acids is 1. The van der Waals surface area contributed by atoms with E-state index in [2.05, 4.69) is 27.4 Å². The van der Waals surface area contributed by atoms with Crippen LogP contribution in [0.3, 0.4) is 0 Å². The molecule has 0 saturated heterocycles. The average molecular weight is 273 g/mol. The molecule has 1 fully saturated rings. The molecule has 14 heavy (non-hydrogen) atoms. The maximum atomic E-state index is 11.4. The molecule has 0 radical (unpaired) electrons. The van der Waals surface area contributed by atoms with Crippen LogP contribution in [0.25, 0.3) is 0 Å². The molecule has 0 spiro atoms. The third-order valence-electron chi connectivity index (χ3n) is 2.55. The Labute approximate surface area is 96.6 Å². The van der Waals surface area contributed by atoms with Gasteiger partial charge in [0.2, 0.25) is 0 Å². The quantitative estimate of drug-likeness (QED) is 0.797. The van der Waals surface area contributed by atoms with E-state index in [9.17, 15) is 4.79 Å².